The van der Waals surface area contributed by atoms with Gasteiger partial charge in [-0.2, -0.15) is 20.2 Å². The van der Waals surface area contributed by atoms with Gasteiger partial charge in [0.1, 0.15) is 5.82 Å². The fraction of sp³-hybridized carbons (Fsp3) is 0.200. The van der Waals surface area contributed by atoms with E-state index in [0.29, 0.717) is 18.0 Å². The van der Waals surface area contributed by atoms with Crippen molar-refractivity contribution < 1.29 is 0 Å². The average Bonchev–Trinajstić information content (AvgIpc) is 2.94. The topological polar surface area (TPSA) is 110 Å². The van der Waals surface area contributed by atoms with Crippen molar-refractivity contribution in [1.29, 1.82) is 0 Å². The molecule has 0 aliphatic heterocycles. The number of anilines is 2. The van der Waals surface area contributed by atoms with Gasteiger partial charge in [0.2, 0.25) is 5.95 Å². The normalized spacial score (nSPS) is 10.9. The van der Waals surface area contributed by atoms with Crippen LogP contribution in [0.25, 0.3) is 11.0 Å². The number of fused-ring (bicyclic) bond motifs is 1. The number of H-pyrrole nitrogens is 1. The Balaban J connectivity index is 1.87. The molecule has 3 heterocycles. The van der Waals surface area contributed by atoms with Gasteiger partial charge in [-0.15, -0.1) is 0 Å². The number of nitrogens with zero attached hydrogens (tertiary/aromatic N) is 5. The van der Waals surface area contributed by atoms with Crippen LogP contribution in [0.1, 0.15) is 5.69 Å². The molecule has 92 valence electrons. The largest absolute Gasteiger partial charge is 0.368 e. The van der Waals surface area contributed by atoms with E-state index in [1.54, 1.807) is 10.9 Å². The molecule has 3 rings (SSSR count). The molecule has 0 fully saturated rings. The Labute approximate surface area is 102 Å². The summed E-state index contributed by atoms with van der Waals surface area (Å²) in [6, 6.07) is 1.93. The fourth-order valence-electron chi connectivity index (χ4n) is 1.72. The summed E-state index contributed by atoms with van der Waals surface area (Å²) in [6.07, 6.45) is 3.55. The summed E-state index contributed by atoms with van der Waals surface area (Å²) < 4.78 is 1.75. The molecule has 0 radical (unpaired) electrons. The zero-order valence-corrected chi connectivity index (χ0v) is 9.75. The summed E-state index contributed by atoms with van der Waals surface area (Å²) in [7, 11) is 1.88. The quantitative estimate of drug-likeness (QED) is 0.610. The molecule has 18 heavy (non-hydrogen) atoms. The minimum Gasteiger partial charge on any atom is -0.368 e. The third-order valence-corrected chi connectivity index (χ3v) is 2.53. The maximum atomic E-state index is 5.63. The van der Waals surface area contributed by atoms with E-state index in [-0.39, 0.29) is 5.95 Å². The van der Waals surface area contributed by atoms with Gasteiger partial charge in [0.15, 0.2) is 5.65 Å². The van der Waals surface area contributed by atoms with Gasteiger partial charge < -0.3 is 11.1 Å². The fourth-order valence-corrected chi connectivity index (χ4v) is 1.72. The standard InChI is InChI=1S/C10H12N8/c1-18-3-2-6(17-18)4-12-8-7-5-13-16-9(7)15-10(11)14-8/h2-3,5H,4H2,1H3,(H4,11,12,13,14,15,16). The average molecular weight is 244 g/mol. The number of rotatable bonds is 3. The Morgan fingerprint density at radius 2 is 2.33 bits per heavy atom. The second-order valence-corrected chi connectivity index (χ2v) is 3.90. The minimum atomic E-state index is 0.204. The molecule has 0 spiro atoms. The lowest BCUT2D eigenvalue weighted by Crippen LogP contribution is -2.05. The highest BCUT2D eigenvalue weighted by Crippen LogP contribution is 2.19. The Morgan fingerprint density at radius 3 is 3.11 bits per heavy atom. The van der Waals surface area contributed by atoms with Gasteiger partial charge in [-0.05, 0) is 6.07 Å². The van der Waals surface area contributed by atoms with Crippen molar-refractivity contribution >= 4 is 22.8 Å². The van der Waals surface area contributed by atoms with Crippen molar-refractivity contribution in [1.82, 2.24) is 29.9 Å². The van der Waals surface area contributed by atoms with Crippen molar-refractivity contribution in [2.75, 3.05) is 11.1 Å². The summed E-state index contributed by atoms with van der Waals surface area (Å²) in [5.41, 5.74) is 7.17. The van der Waals surface area contributed by atoms with Crippen LogP contribution in [0, 0.1) is 0 Å². The minimum absolute atomic E-state index is 0.204. The molecule has 0 aliphatic carbocycles. The van der Waals surface area contributed by atoms with Crippen molar-refractivity contribution in [2.45, 2.75) is 6.54 Å². The number of nitrogens with two attached hydrogens (primary N) is 1. The van der Waals surface area contributed by atoms with E-state index in [1.807, 2.05) is 19.3 Å². The summed E-state index contributed by atoms with van der Waals surface area (Å²) >= 11 is 0. The molecule has 0 aliphatic rings. The molecule has 0 bridgehead atoms. The molecule has 0 saturated carbocycles. The summed E-state index contributed by atoms with van der Waals surface area (Å²) in [5, 5.41) is 14.9. The predicted octanol–water partition coefficient (Wildman–Crippen LogP) is 0.281. The lowest BCUT2D eigenvalue weighted by molar-refractivity contribution is 0.747. The number of hydrogen-bond donors (Lipinski definition) is 3. The van der Waals surface area contributed by atoms with E-state index >= 15 is 0 Å². The molecular weight excluding hydrogens is 232 g/mol. The van der Waals surface area contributed by atoms with E-state index in [0.717, 1.165) is 11.1 Å². The Kier molecular flexibility index (Phi) is 2.33. The van der Waals surface area contributed by atoms with Crippen LogP contribution in [-0.2, 0) is 13.6 Å². The van der Waals surface area contributed by atoms with Crippen LogP contribution in [0.5, 0.6) is 0 Å². The van der Waals surface area contributed by atoms with Gasteiger partial charge in [0.25, 0.3) is 0 Å². The smallest absolute Gasteiger partial charge is 0.224 e. The maximum absolute atomic E-state index is 5.63. The molecular formula is C10H12N8. The molecule has 0 aromatic carbocycles. The van der Waals surface area contributed by atoms with E-state index in [2.05, 4.69) is 30.6 Å². The van der Waals surface area contributed by atoms with Crippen molar-refractivity contribution in [3.8, 4) is 0 Å². The monoisotopic (exact) mass is 244 g/mol. The van der Waals surface area contributed by atoms with Crippen molar-refractivity contribution in [2.24, 2.45) is 7.05 Å². The van der Waals surface area contributed by atoms with Crippen LogP contribution >= 0.6 is 0 Å². The molecule has 8 heteroatoms. The zero-order valence-electron chi connectivity index (χ0n) is 9.75. The third-order valence-electron chi connectivity index (χ3n) is 2.53. The first-order valence-electron chi connectivity index (χ1n) is 5.41. The van der Waals surface area contributed by atoms with Crippen LogP contribution in [0.4, 0.5) is 11.8 Å². The van der Waals surface area contributed by atoms with Gasteiger partial charge >= 0.3 is 0 Å². The SMILES string of the molecule is Cn1ccc(CNc2nc(N)nc3[nH]ncc23)n1. The lowest BCUT2D eigenvalue weighted by Gasteiger charge is -2.05. The zero-order chi connectivity index (χ0) is 12.5. The highest BCUT2D eigenvalue weighted by molar-refractivity contribution is 5.86. The van der Waals surface area contributed by atoms with Gasteiger partial charge in [0.05, 0.1) is 23.8 Å². The summed E-state index contributed by atoms with van der Waals surface area (Å²) in [4.78, 5) is 8.20. The molecule has 3 aromatic rings. The molecule has 0 unspecified atom stereocenters. The number of nitrogens with one attached hydrogen (secondary N) is 2. The van der Waals surface area contributed by atoms with Gasteiger partial charge in [-0.25, -0.2) is 0 Å². The number of nitrogen functional groups attached to an aromatic ring is 1. The van der Waals surface area contributed by atoms with Crippen LogP contribution in [-0.4, -0.2) is 29.9 Å². The first-order chi connectivity index (χ1) is 8.72. The third kappa shape index (κ3) is 1.83. The number of hydrogen-bond acceptors (Lipinski definition) is 6. The first-order valence-corrected chi connectivity index (χ1v) is 5.41. The predicted molar refractivity (Wildman–Crippen MR) is 66.6 cm³/mol. The van der Waals surface area contributed by atoms with Crippen molar-refractivity contribution in [3.05, 3.63) is 24.2 Å². The molecule has 4 N–H and O–H groups in total. The maximum Gasteiger partial charge on any atom is 0.224 e. The Morgan fingerprint density at radius 1 is 1.44 bits per heavy atom. The summed E-state index contributed by atoms with van der Waals surface area (Å²) in [5.74, 6) is 0.854. The van der Waals surface area contributed by atoms with Crippen LogP contribution in [0.15, 0.2) is 18.5 Å². The molecule has 0 atom stereocenters. The van der Waals surface area contributed by atoms with Crippen LogP contribution < -0.4 is 11.1 Å². The summed E-state index contributed by atoms with van der Waals surface area (Å²) in [6.45, 7) is 0.567. The molecule has 0 amide bonds. The highest BCUT2D eigenvalue weighted by Gasteiger charge is 2.08. The molecule has 3 aromatic heterocycles. The Bertz CT molecular complexity index is 682. The van der Waals surface area contributed by atoms with E-state index in [9.17, 15) is 0 Å². The highest BCUT2D eigenvalue weighted by atomic mass is 15.3. The van der Waals surface area contributed by atoms with Crippen LogP contribution in [0.3, 0.4) is 0 Å². The van der Waals surface area contributed by atoms with E-state index < -0.39 is 0 Å². The number of aryl methyl sites for hydroxylation is 1. The second kappa shape index (κ2) is 3.99. The van der Waals surface area contributed by atoms with E-state index in [1.165, 1.54) is 0 Å². The molecule has 0 saturated heterocycles. The Hall–Kier alpha value is -2.64. The van der Waals surface area contributed by atoms with Crippen LogP contribution in [0.2, 0.25) is 0 Å². The first kappa shape index (κ1) is 10.5. The van der Waals surface area contributed by atoms with Gasteiger partial charge in [0, 0.05) is 13.2 Å². The number of aromatic amines is 1. The van der Waals surface area contributed by atoms with Gasteiger partial charge in [-0.3, -0.25) is 9.78 Å². The van der Waals surface area contributed by atoms with Gasteiger partial charge in [-0.1, -0.05) is 0 Å². The van der Waals surface area contributed by atoms with Crippen molar-refractivity contribution in [3.63, 3.8) is 0 Å². The lowest BCUT2D eigenvalue weighted by atomic mass is 10.3. The number of aromatic nitrogens is 6. The molecule has 8 nitrogen and oxygen atoms in total. The second-order valence-electron chi connectivity index (χ2n) is 3.90. The van der Waals surface area contributed by atoms with E-state index in [4.69, 9.17) is 5.73 Å².